The van der Waals surface area contributed by atoms with Crippen LogP contribution in [0.5, 0.6) is 0 Å². The second-order valence-corrected chi connectivity index (χ2v) is 6.49. The fraction of sp³-hybridized carbons (Fsp3) is 0.125. The van der Waals surface area contributed by atoms with E-state index in [0.29, 0.717) is 10.6 Å². The van der Waals surface area contributed by atoms with Gasteiger partial charge in [-0.2, -0.15) is 0 Å². The number of halogens is 1. The first-order chi connectivity index (χ1) is 11.9. The van der Waals surface area contributed by atoms with E-state index in [2.05, 4.69) is 10.9 Å². The molecule has 2 amide bonds. The molecule has 0 unspecified atom stereocenters. The average molecular weight is 380 g/mol. The molecule has 0 heterocycles. The predicted molar refractivity (Wildman–Crippen MR) is 95.6 cm³/mol. The third-order valence-corrected chi connectivity index (χ3v) is 4.43. The molecule has 0 bridgehead atoms. The van der Waals surface area contributed by atoms with Crippen molar-refractivity contribution in [2.45, 2.75) is 11.8 Å². The molecule has 130 valence electrons. The number of hydrazine groups is 1. The number of nitrogens with zero attached hydrogens (tertiary/aromatic N) is 1. The van der Waals surface area contributed by atoms with Gasteiger partial charge < -0.3 is 0 Å². The van der Waals surface area contributed by atoms with Gasteiger partial charge in [-0.15, -0.1) is 11.8 Å². The van der Waals surface area contributed by atoms with Crippen LogP contribution in [0.3, 0.4) is 0 Å². The van der Waals surface area contributed by atoms with Crippen LogP contribution in [-0.2, 0) is 4.79 Å². The van der Waals surface area contributed by atoms with E-state index in [9.17, 15) is 19.7 Å². The number of nitrogens with one attached hydrogen (secondary N) is 2. The van der Waals surface area contributed by atoms with Gasteiger partial charge in [0, 0.05) is 27.1 Å². The lowest BCUT2D eigenvalue weighted by atomic mass is 10.1. The molecule has 0 aliphatic rings. The lowest BCUT2D eigenvalue weighted by molar-refractivity contribution is -0.385. The van der Waals surface area contributed by atoms with Gasteiger partial charge in [0.1, 0.15) is 0 Å². The third kappa shape index (κ3) is 5.47. The molecule has 0 saturated carbocycles. The molecular formula is C16H14ClN3O4S. The molecule has 0 aliphatic heterocycles. The van der Waals surface area contributed by atoms with Crippen molar-refractivity contribution < 1.29 is 14.5 Å². The number of nitro groups is 1. The van der Waals surface area contributed by atoms with Crippen molar-refractivity contribution in [1.29, 1.82) is 0 Å². The first-order valence-electron chi connectivity index (χ1n) is 7.09. The zero-order valence-corrected chi connectivity index (χ0v) is 14.7. The van der Waals surface area contributed by atoms with Crippen LogP contribution in [-0.4, -0.2) is 22.5 Å². The minimum atomic E-state index is -0.632. The van der Waals surface area contributed by atoms with Crippen molar-refractivity contribution in [2.24, 2.45) is 0 Å². The van der Waals surface area contributed by atoms with Crippen LogP contribution < -0.4 is 10.9 Å². The summed E-state index contributed by atoms with van der Waals surface area (Å²) in [4.78, 5) is 34.9. The van der Waals surface area contributed by atoms with Crippen molar-refractivity contribution >= 4 is 40.9 Å². The van der Waals surface area contributed by atoms with Crippen LogP contribution in [0.1, 0.15) is 15.9 Å². The van der Waals surface area contributed by atoms with E-state index in [4.69, 9.17) is 11.6 Å². The molecule has 0 radical (unpaired) electrons. The number of rotatable bonds is 5. The molecule has 2 aromatic carbocycles. The number of carbonyl (C=O) groups excluding carboxylic acids is 2. The maximum Gasteiger partial charge on any atom is 0.273 e. The number of aryl methyl sites for hydroxylation is 1. The van der Waals surface area contributed by atoms with Gasteiger partial charge in [0.25, 0.3) is 11.6 Å². The maximum atomic E-state index is 12.0. The fourth-order valence-corrected chi connectivity index (χ4v) is 2.69. The second-order valence-electron chi connectivity index (χ2n) is 5.00. The highest BCUT2D eigenvalue weighted by Crippen LogP contribution is 2.20. The highest BCUT2D eigenvalue weighted by Gasteiger charge is 2.15. The van der Waals surface area contributed by atoms with Gasteiger partial charge in [-0.3, -0.25) is 30.6 Å². The molecule has 2 rings (SSSR count). The number of amides is 2. The quantitative estimate of drug-likeness (QED) is 0.472. The Bertz CT molecular complexity index is 812. The second kappa shape index (κ2) is 8.50. The van der Waals surface area contributed by atoms with Gasteiger partial charge in [0.15, 0.2) is 0 Å². The summed E-state index contributed by atoms with van der Waals surface area (Å²) in [6.45, 7) is 1.58. The Hall–Kier alpha value is -2.58. The summed E-state index contributed by atoms with van der Waals surface area (Å²) in [5.41, 5.74) is 4.88. The fourth-order valence-electron chi connectivity index (χ4n) is 1.86. The molecule has 0 aliphatic carbocycles. The van der Waals surface area contributed by atoms with Gasteiger partial charge in [0.05, 0.1) is 10.7 Å². The Balaban J connectivity index is 1.87. The number of thioether (sulfide) groups is 1. The first kappa shape index (κ1) is 18.8. The van der Waals surface area contributed by atoms with Gasteiger partial charge in [0.2, 0.25) is 5.91 Å². The zero-order chi connectivity index (χ0) is 18.4. The minimum absolute atomic E-state index is 0.0861. The Labute approximate surface area is 152 Å². The average Bonchev–Trinajstić information content (AvgIpc) is 2.59. The predicted octanol–water partition coefficient (Wildman–Crippen LogP) is 3.11. The van der Waals surface area contributed by atoms with E-state index in [1.54, 1.807) is 31.2 Å². The molecule has 0 fully saturated rings. The Morgan fingerprint density at radius 1 is 1.16 bits per heavy atom. The molecule has 2 N–H and O–H groups in total. The topological polar surface area (TPSA) is 101 Å². The van der Waals surface area contributed by atoms with Gasteiger partial charge >= 0.3 is 0 Å². The van der Waals surface area contributed by atoms with Crippen LogP contribution in [0.4, 0.5) is 5.69 Å². The van der Waals surface area contributed by atoms with Crippen LogP contribution >= 0.6 is 23.4 Å². The molecular weight excluding hydrogens is 366 g/mol. The summed E-state index contributed by atoms with van der Waals surface area (Å²) in [7, 11) is 0. The van der Waals surface area contributed by atoms with Crippen LogP contribution in [0.15, 0.2) is 47.4 Å². The third-order valence-electron chi connectivity index (χ3n) is 3.17. The smallest absolute Gasteiger partial charge is 0.272 e. The molecule has 0 spiro atoms. The first-order valence-corrected chi connectivity index (χ1v) is 8.46. The SMILES string of the molecule is Cc1ccc(C(=O)NNC(=O)CSc2ccc(Cl)cc2)cc1[N+](=O)[O-]. The summed E-state index contributed by atoms with van der Waals surface area (Å²) in [5.74, 6) is -0.946. The van der Waals surface area contributed by atoms with Gasteiger partial charge in [-0.25, -0.2) is 0 Å². The number of hydrogen-bond acceptors (Lipinski definition) is 5. The summed E-state index contributed by atoms with van der Waals surface area (Å²) in [5, 5.41) is 11.5. The van der Waals surface area contributed by atoms with Crippen molar-refractivity contribution in [3.63, 3.8) is 0 Å². The highest BCUT2D eigenvalue weighted by atomic mass is 35.5. The van der Waals surface area contributed by atoms with Crippen molar-refractivity contribution in [2.75, 3.05) is 5.75 Å². The molecule has 0 saturated heterocycles. The Morgan fingerprint density at radius 3 is 2.48 bits per heavy atom. The molecule has 9 heteroatoms. The lowest BCUT2D eigenvalue weighted by Crippen LogP contribution is -2.42. The minimum Gasteiger partial charge on any atom is -0.272 e. The molecule has 2 aromatic rings. The van der Waals surface area contributed by atoms with E-state index in [0.717, 1.165) is 4.90 Å². The van der Waals surface area contributed by atoms with Gasteiger partial charge in [-0.05, 0) is 37.3 Å². The molecule has 25 heavy (non-hydrogen) atoms. The van der Waals surface area contributed by atoms with E-state index in [1.807, 2.05) is 0 Å². The lowest BCUT2D eigenvalue weighted by Gasteiger charge is -2.08. The van der Waals surface area contributed by atoms with E-state index >= 15 is 0 Å². The van der Waals surface area contributed by atoms with E-state index in [-0.39, 0.29) is 17.0 Å². The number of carbonyl (C=O) groups is 2. The summed E-state index contributed by atoms with van der Waals surface area (Å²) in [6.07, 6.45) is 0. The number of nitro benzene ring substituents is 1. The van der Waals surface area contributed by atoms with E-state index < -0.39 is 16.7 Å². The normalized spacial score (nSPS) is 10.2. The molecule has 7 nitrogen and oxygen atoms in total. The Kier molecular flexibility index (Phi) is 6.37. The number of benzene rings is 2. The zero-order valence-electron chi connectivity index (χ0n) is 13.1. The van der Waals surface area contributed by atoms with Crippen LogP contribution in [0.2, 0.25) is 5.02 Å². The standard InChI is InChI=1S/C16H14ClN3O4S/c1-10-2-3-11(8-14(10)20(23)24)16(22)19-18-15(21)9-25-13-6-4-12(17)5-7-13/h2-8H,9H2,1H3,(H,18,21)(H,19,22). The highest BCUT2D eigenvalue weighted by molar-refractivity contribution is 8.00. The van der Waals surface area contributed by atoms with Crippen LogP contribution in [0, 0.1) is 17.0 Å². The van der Waals surface area contributed by atoms with Crippen LogP contribution in [0.25, 0.3) is 0 Å². The summed E-state index contributed by atoms with van der Waals surface area (Å²) in [6, 6.07) is 11.1. The molecule has 0 aromatic heterocycles. The Morgan fingerprint density at radius 2 is 1.84 bits per heavy atom. The van der Waals surface area contributed by atoms with E-state index in [1.165, 1.54) is 30.0 Å². The van der Waals surface area contributed by atoms with Crippen molar-refractivity contribution in [1.82, 2.24) is 10.9 Å². The summed E-state index contributed by atoms with van der Waals surface area (Å²) < 4.78 is 0. The van der Waals surface area contributed by atoms with Crippen molar-refractivity contribution in [3.8, 4) is 0 Å². The molecule has 0 atom stereocenters. The largest absolute Gasteiger partial charge is 0.273 e. The number of hydrogen-bond donors (Lipinski definition) is 2. The maximum absolute atomic E-state index is 12.0. The van der Waals surface area contributed by atoms with Gasteiger partial charge in [-0.1, -0.05) is 17.7 Å². The monoisotopic (exact) mass is 379 g/mol. The van der Waals surface area contributed by atoms with Crippen molar-refractivity contribution in [3.05, 3.63) is 68.7 Å². The summed E-state index contributed by atoms with van der Waals surface area (Å²) >= 11 is 7.06.